The number of nitro groups is 1. The van der Waals surface area contributed by atoms with Crippen molar-refractivity contribution >= 4 is 33.0 Å². The number of non-ortho nitro benzene ring substituents is 1. The monoisotopic (exact) mass is 469 g/mol. The average Bonchev–Trinajstić information content (AvgIpc) is 3.23. The highest BCUT2D eigenvalue weighted by molar-refractivity contribution is 7.92. The Morgan fingerprint density at radius 1 is 1.03 bits per heavy atom. The van der Waals surface area contributed by atoms with Crippen LogP contribution in [-0.2, 0) is 10.0 Å². The molecule has 0 aliphatic carbocycles. The van der Waals surface area contributed by atoms with Gasteiger partial charge in [0.2, 0.25) is 6.79 Å². The molecule has 0 saturated carbocycles. The second-order valence-electron chi connectivity index (χ2n) is 7.32. The largest absolute Gasteiger partial charge is 0.454 e. The Labute approximate surface area is 189 Å². The SMILES string of the molecule is Cc1cc([N+](=O)[O-])cc(S(=O)(=O)Nc2ccccc2C(=O)Nc2ccc3c(c2)OCO3)c1C. The summed E-state index contributed by atoms with van der Waals surface area (Å²) in [6, 6.07) is 13.3. The van der Waals surface area contributed by atoms with Gasteiger partial charge in [0, 0.05) is 23.9 Å². The molecule has 2 N–H and O–H groups in total. The molecular formula is C22H19N3O7S. The summed E-state index contributed by atoms with van der Waals surface area (Å²) in [5.74, 6) is 0.487. The third-order valence-corrected chi connectivity index (χ3v) is 6.64. The molecule has 1 aliphatic heterocycles. The Morgan fingerprint density at radius 3 is 2.52 bits per heavy atom. The number of hydrogen-bond acceptors (Lipinski definition) is 7. The molecule has 33 heavy (non-hydrogen) atoms. The lowest BCUT2D eigenvalue weighted by Gasteiger charge is -2.15. The van der Waals surface area contributed by atoms with E-state index >= 15 is 0 Å². The number of ether oxygens (including phenoxy) is 2. The Kier molecular flexibility index (Phi) is 5.64. The lowest BCUT2D eigenvalue weighted by Crippen LogP contribution is -2.19. The predicted octanol–water partition coefficient (Wildman–Crippen LogP) is 3.99. The van der Waals surface area contributed by atoms with Crippen molar-refractivity contribution in [3.05, 3.63) is 81.4 Å². The number of amides is 1. The maximum Gasteiger partial charge on any atom is 0.271 e. The minimum atomic E-state index is -4.23. The lowest BCUT2D eigenvalue weighted by molar-refractivity contribution is -0.385. The van der Waals surface area contributed by atoms with Gasteiger partial charge < -0.3 is 14.8 Å². The molecule has 0 atom stereocenters. The van der Waals surface area contributed by atoms with Gasteiger partial charge in [-0.2, -0.15) is 0 Å². The number of para-hydroxylation sites is 1. The molecule has 11 heteroatoms. The maximum absolute atomic E-state index is 13.1. The minimum absolute atomic E-state index is 0.0271. The summed E-state index contributed by atoms with van der Waals surface area (Å²) < 4.78 is 39.2. The van der Waals surface area contributed by atoms with Crippen LogP contribution in [0.1, 0.15) is 21.5 Å². The van der Waals surface area contributed by atoms with Gasteiger partial charge in [-0.3, -0.25) is 19.6 Å². The number of carbonyl (C=O) groups is 1. The third-order valence-electron chi connectivity index (χ3n) is 5.15. The minimum Gasteiger partial charge on any atom is -0.454 e. The van der Waals surface area contributed by atoms with Crippen molar-refractivity contribution in [3.8, 4) is 11.5 Å². The van der Waals surface area contributed by atoms with Gasteiger partial charge in [0.15, 0.2) is 11.5 Å². The van der Waals surface area contributed by atoms with E-state index in [9.17, 15) is 23.3 Å². The highest BCUT2D eigenvalue weighted by Crippen LogP contribution is 2.34. The summed E-state index contributed by atoms with van der Waals surface area (Å²) >= 11 is 0. The molecule has 3 aromatic rings. The lowest BCUT2D eigenvalue weighted by atomic mass is 10.1. The first-order valence-corrected chi connectivity index (χ1v) is 11.2. The van der Waals surface area contributed by atoms with Crippen molar-refractivity contribution in [2.24, 2.45) is 0 Å². The van der Waals surface area contributed by atoms with Crippen LogP contribution in [-0.4, -0.2) is 26.0 Å². The van der Waals surface area contributed by atoms with Gasteiger partial charge in [-0.15, -0.1) is 0 Å². The molecule has 0 bridgehead atoms. The van der Waals surface area contributed by atoms with Gasteiger partial charge in [0.25, 0.3) is 21.6 Å². The Hall–Kier alpha value is -4.12. The number of carbonyl (C=O) groups excluding carboxylic acids is 1. The van der Waals surface area contributed by atoms with E-state index in [2.05, 4.69) is 10.0 Å². The Morgan fingerprint density at radius 2 is 1.76 bits per heavy atom. The molecular weight excluding hydrogens is 450 g/mol. The Balaban J connectivity index is 1.64. The molecule has 1 amide bonds. The number of hydrogen-bond donors (Lipinski definition) is 2. The third kappa shape index (κ3) is 4.44. The number of aryl methyl sites for hydroxylation is 1. The van der Waals surface area contributed by atoms with E-state index in [-0.39, 0.29) is 28.6 Å². The fraction of sp³-hybridized carbons (Fsp3) is 0.136. The van der Waals surface area contributed by atoms with Crippen LogP contribution < -0.4 is 19.5 Å². The second kappa shape index (κ2) is 8.43. The number of nitrogens with one attached hydrogen (secondary N) is 2. The molecule has 170 valence electrons. The van der Waals surface area contributed by atoms with Crippen LogP contribution in [0.5, 0.6) is 11.5 Å². The molecule has 1 aliphatic rings. The topological polar surface area (TPSA) is 137 Å². The first-order valence-electron chi connectivity index (χ1n) is 9.74. The maximum atomic E-state index is 13.1. The molecule has 0 unspecified atom stereocenters. The van der Waals surface area contributed by atoms with Crippen LogP contribution in [0.25, 0.3) is 0 Å². The molecule has 0 spiro atoms. The second-order valence-corrected chi connectivity index (χ2v) is 8.97. The number of anilines is 2. The van der Waals surface area contributed by atoms with E-state index in [1.165, 1.54) is 18.2 Å². The zero-order valence-corrected chi connectivity index (χ0v) is 18.4. The fourth-order valence-corrected chi connectivity index (χ4v) is 4.75. The molecule has 3 aromatic carbocycles. The van der Waals surface area contributed by atoms with E-state index in [1.54, 1.807) is 44.2 Å². The van der Waals surface area contributed by atoms with Crippen molar-refractivity contribution in [1.82, 2.24) is 0 Å². The highest BCUT2D eigenvalue weighted by atomic mass is 32.2. The number of sulfonamides is 1. The van der Waals surface area contributed by atoms with Gasteiger partial charge in [0.1, 0.15) is 0 Å². The molecule has 0 radical (unpaired) electrons. The quantitative estimate of drug-likeness (QED) is 0.411. The molecule has 0 aromatic heterocycles. The van der Waals surface area contributed by atoms with E-state index < -0.39 is 20.9 Å². The predicted molar refractivity (Wildman–Crippen MR) is 120 cm³/mol. The van der Waals surface area contributed by atoms with Gasteiger partial charge >= 0.3 is 0 Å². The average molecular weight is 469 g/mol. The van der Waals surface area contributed by atoms with E-state index in [0.717, 1.165) is 6.07 Å². The normalized spacial score (nSPS) is 12.3. The van der Waals surface area contributed by atoms with Crippen LogP contribution in [0, 0.1) is 24.0 Å². The van der Waals surface area contributed by atoms with Crippen LogP contribution in [0.15, 0.2) is 59.5 Å². The highest BCUT2D eigenvalue weighted by Gasteiger charge is 2.24. The van der Waals surface area contributed by atoms with Crippen molar-refractivity contribution in [3.63, 3.8) is 0 Å². The first-order chi connectivity index (χ1) is 15.7. The first kappa shape index (κ1) is 22.1. The van der Waals surface area contributed by atoms with Crippen molar-refractivity contribution in [1.29, 1.82) is 0 Å². The number of nitrogens with zero attached hydrogens (tertiary/aromatic N) is 1. The summed E-state index contributed by atoms with van der Waals surface area (Å²) in [5, 5.41) is 13.9. The molecule has 4 rings (SSSR count). The van der Waals surface area contributed by atoms with Gasteiger partial charge in [-0.1, -0.05) is 12.1 Å². The number of fused-ring (bicyclic) bond motifs is 1. The van der Waals surface area contributed by atoms with Crippen molar-refractivity contribution < 1.29 is 27.6 Å². The fourth-order valence-electron chi connectivity index (χ4n) is 3.34. The zero-order chi connectivity index (χ0) is 23.8. The molecule has 10 nitrogen and oxygen atoms in total. The summed E-state index contributed by atoms with van der Waals surface area (Å²) in [5.41, 5.74) is 1.02. The van der Waals surface area contributed by atoms with Gasteiger partial charge in [-0.05, 0) is 49.2 Å². The van der Waals surface area contributed by atoms with Crippen molar-refractivity contribution in [2.75, 3.05) is 16.8 Å². The van der Waals surface area contributed by atoms with E-state index in [1.807, 2.05) is 0 Å². The standard InChI is InChI=1S/C22H19N3O7S/c1-13-9-16(25(27)28)11-21(14(13)2)33(29,30)24-18-6-4-3-5-17(18)22(26)23-15-7-8-19-20(10-15)32-12-31-19/h3-11,24H,12H2,1-2H3,(H,23,26). The summed E-state index contributed by atoms with van der Waals surface area (Å²) in [6.45, 7) is 3.24. The van der Waals surface area contributed by atoms with Crippen LogP contribution in [0.2, 0.25) is 0 Å². The summed E-state index contributed by atoms with van der Waals surface area (Å²) in [6.07, 6.45) is 0. The number of rotatable bonds is 6. The van der Waals surface area contributed by atoms with E-state index in [0.29, 0.717) is 28.3 Å². The van der Waals surface area contributed by atoms with Crippen LogP contribution >= 0.6 is 0 Å². The number of nitro benzene ring substituents is 1. The summed E-state index contributed by atoms with van der Waals surface area (Å²) in [7, 11) is -4.23. The van der Waals surface area contributed by atoms with Gasteiger partial charge in [-0.25, -0.2) is 8.42 Å². The van der Waals surface area contributed by atoms with Crippen LogP contribution in [0.4, 0.5) is 17.1 Å². The van der Waals surface area contributed by atoms with E-state index in [4.69, 9.17) is 9.47 Å². The van der Waals surface area contributed by atoms with Gasteiger partial charge in [0.05, 0.1) is 21.1 Å². The zero-order valence-electron chi connectivity index (χ0n) is 17.6. The Bertz CT molecular complexity index is 1390. The smallest absolute Gasteiger partial charge is 0.271 e. The molecule has 0 fully saturated rings. The number of benzene rings is 3. The molecule has 0 saturated heterocycles. The van der Waals surface area contributed by atoms with Crippen LogP contribution in [0.3, 0.4) is 0 Å². The van der Waals surface area contributed by atoms with Crippen molar-refractivity contribution in [2.45, 2.75) is 18.7 Å². The molecule has 1 heterocycles. The summed E-state index contributed by atoms with van der Waals surface area (Å²) in [4.78, 5) is 23.2.